The summed E-state index contributed by atoms with van der Waals surface area (Å²) in [6, 6.07) is 18.2. The quantitative estimate of drug-likeness (QED) is 0.251. The topological polar surface area (TPSA) is 95.5 Å². The maximum absolute atomic E-state index is 12.4. The summed E-state index contributed by atoms with van der Waals surface area (Å²) in [5, 5.41) is 3.95. The molecule has 32 heavy (non-hydrogen) atoms. The molecule has 1 N–H and O–H groups in total. The predicted molar refractivity (Wildman–Crippen MR) is 119 cm³/mol. The van der Waals surface area contributed by atoms with Gasteiger partial charge in [0.1, 0.15) is 11.5 Å². The van der Waals surface area contributed by atoms with Gasteiger partial charge < -0.3 is 18.9 Å². The number of benzene rings is 3. The van der Waals surface area contributed by atoms with Gasteiger partial charge in [0.2, 0.25) is 0 Å². The number of hydrogen-bond acceptors (Lipinski definition) is 7. The highest BCUT2D eigenvalue weighted by Gasteiger charge is 2.13. The van der Waals surface area contributed by atoms with Crippen LogP contribution in [-0.4, -0.2) is 39.4 Å². The van der Waals surface area contributed by atoms with Gasteiger partial charge in [-0.2, -0.15) is 5.10 Å². The largest absolute Gasteiger partial charge is 0.497 e. The van der Waals surface area contributed by atoms with Crippen molar-refractivity contribution in [3.05, 3.63) is 83.4 Å². The zero-order valence-corrected chi connectivity index (χ0v) is 17.8. The lowest BCUT2D eigenvalue weighted by Gasteiger charge is -2.09. The lowest BCUT2D eigenvalue weighted by molar-refractivity contribution is 0.0734. The third-order valence-electron chi connectivity index (χ3n) is 4.42. The molecule has 3 rings (SSSR count). The lowest BCUT2D eigenvalue weighted by Crippen LogP contribution is -2.17. The lowest BCUT2D eigenvalue weighted by atomic mass is 10.2. The Morgan fingerprint density at radius 2 is 1.53 bits per heavy atom. The van der Waals surface area contributed by atoms with E-state index in [1.54, 1.807) is 66.7 Å². The average molecular weight is 434 g/mol. The average Bonchev–Trinajstić information content (AvgIpc) is 2.84. The molecule has 0 heterocycles. The number of rotatable bonds is 8. The first-order valence-corrected chi connectivity index (χ1v) is 9.55. The molecule has 0 atom stereocenters. The molecule has 164 valence electrons. The van der Waals surface area contributed by atoms with Gasteiger partial charge in [0.05, 0.1) is 33.1 Å². The number of hydrazone groups is 1. The van der Waals surface area contributed by atoms with Gasteiger partial charge in [-0.05, 0) is 66.2 Å². The second-order valence-electron chi connectivity index (χ2n) is 6.46. The highest BCUT2D eigenvalue weighted by Crippen LogP contribution is 2.28. The van der Waals surface area contributed by atoms with Crippen LogP contribution in [0.3, 0.4) is 0 Å². The molecule has 0 aliphatic heterocycles. The molecule has 0 aromatic heterocycles. The zero-order chi connectivity index (χ0) is 22.9. The summed E-state index contributed by atoms with van der Waals surface area (Å²) in [7, 11) is 4.54. The van der Waals surface area contributed by atoms with E-state index in [1.807, 2.05) is 0 Å². The molecule has 8 nitrogen and oxygen atoms in total. The van der Waals surface area contributed by atoms with Crippen molar-refractivity contribution in [1.82, 2.24) is 5.43 Å². The summed E-state index contributed by atoms with van der Waals surface area (Å²) in [4.78, 5) is 24.5. The third-order valence-corrected chi connectivity index (χ3v) is 4.42. The molecule has 0 radical (unpaired) electrons. The molecule has 3 aromatic carbocycles. The number of carbonyl (C=O) groups is 2. The number of methoxy groups -OCH3 is 3. The molecule has 0 aliphatic rings. The Morgan fingerprint density at radius 3 is 2.22 bits per heavy atom. The molecule has 0 fully saturated rings. The number of esters is 1. The van der Waals surface area contributed by atoms with Gasteiger partial charge in [-0.1, -0.05) is 6.07 Å². The fourth-order valence-electron chi connectivity index (χ4n) is 2.75. The first kappa shape index (κ1) is 22.4. The zero-order valence-electron chi connectivity index (χ0n) is 17.8. The van der Waals surface area contributed by atoms with Crippen LogP contribution in [-0.2, 0) is 0 Å². The summed E-state index contributed by atoms with van der Waals surface area (Å²) in [6.45, 7) is 0. The van der Waals surface area contributed by atoms with Gasteiger partial charge in [-0.25, -0.2) is 10.2 Å². The molecule has 0 saturated carbocycles. The van der Waals surface area contributed by atoms with E-state index in [0.29, 0.717) is 39.7 Å². The van der Waals surface area contributed by atoms with Crippen molar-refractivity contribution in [1.29, 1.82) is 0 Å². The predicted octanol–water partition coefficient (Wildman–Crippen LogP) is 3.70. The molecule has 0 saturated heterocycles. The second-order valence-corrected chi connectivity index (χ2v) is 6.46. The third kappa shape index (κ3) is 5.63. The van der Waals surface area contributed by atoms with Crippen molar-refractivity contribution in [3.8, 4) is 23.0 Å². The summed E-state index contributed by atoms with van der Waals surface area (Å²) in [6.07, 6.45) is 1.48. The van der Waals surface area contributed by atoms with Gasteiger partial charge in [0, 0.05) is 5.56 Å². The molecule has 0 spiro atoms. The van der Waals surface area contributed by atoms with Gasteiger partial charge >= 0.3 is 5.97 Å². The Labute approximate surface area is 185 Å². The number of nitrogens with zero attached hydrogens (tertiary/aromatic N) is 1. The van der Waals surface area contributed by atoms with E-state index in [0.717, 1.165) is 0 Å². The van der Waals surface area contributed by atoms with Crippen LogP contribution in [0.25, 0.3) is 0 Å². The maximum Gasteiger partial charge on any atom is 0.343 e. The molecular weight excluding hydrogens is 412 g/mol. The molecule has 3 aromatic rings. The molecule has 8 heteroatoms. The summed E-state index contributed by atoms with van der Waals surface area (Å²) in [5.74, 6) is 1.01. The number of hydrogen-bond donors (Lipinski definition) is 1. The summed E-state index contributed by atoms with van der Waals surface area (Å²) in [5.41, 5.74) is 3.92. The highest BCUT2D eigenvalue weighted by molar-refractivity contribution is 5.95. The Balaban J connectivity index is 1.58. The van der Waals surface area contributed by atoms with Gasteiger partial charge in [0.15, 0.2) is 11.5 Å². The van der Waals surface area contributed by atoms with Crippen LogP contribution in [0.15, 0.2) is 71.8 Å². The van der Waals surface area contributed by atoms with Crippen molar-refractivity contribution >= 4 is 18.1 Å². The van der Waals surface area contributed by atoms with Gasteiger partial charge in [-0.3, -0.25) is 4.79 Å². The maximum atomic E-state index is 12.4. The van der Waals surface area contributed by atoms with Crippen LogP contribution in [0, 0.1) is 0 Å². The first-order chi connectivity index (χ1) is 15.5. The van der Waals surface area contributed by atoms with E-state index in [2.05, 4.69) is 10.5 Å². The van der Waals surface area contributed by atoms with E-state index in [-0.39, 0.29) is 5.91 Å². The van der Waals surface area contributed by atoms with Crippen molar-refractivity contribution in [2.45, 2.75) is 0 Å². The SMILES string of the molecule is COc1cccc(C(=O)NN=Cc2ccc(OC(=O)c3ccc(OC)c(OC)c3)cc2)c1. The number of amides is 1. The fraction of sp³-hybridized carbons (Fsp3) is 0.125. The molecular formula is C24H22N2O6. The summed E-state index contributed by atoms with van der Waals surface area (Å²) < 4.78 is 20.9. The molecule has 1 amide bonds. The van der Waals surface area contributed by atoms with Crippen LogP contribution in [0.2, 0.25) is 0 Å². The van der Waals surface area contributed by atoms with Crippen molar-refractivity contribution < 1.29 is 28.5 Å². The van der Waals surface area contributed by atoms with Crippen LogP contribution in [0.5, 0.6) is 23.0 Å². The number of nitrogens with one attached hydrogen (secondary N) is 1. The van der Waals surface area contributed by atoms with Gasteiger partial charge in [0.25, 0.3) is 5.91 Å². The van der Waals surface area contributed by atoms with Crippen LogP contribution in [0.4, 0.5) is 0 Å². The molecule has 0 bridgehead atoms. The highest BCUT2D eigenvalue weighted by atomic mass is 16.5. The number of carbonyl (C=O) groups excluding carboxylic acids is 2. The Hall–Kier alpha value is -4.33. The van der Waals surface area contributed by atoms with E-state index >= 15 is 0 Å². The smallest absolute Gasteiger partial charge is 0.343 e. The number of ether oxygens (including phenoxy) is 4. The molecule has 0 aliphatic carbocycles. The van der Waals surface area contributed by atoms with E-state index in [4.69, 9.17) is 18.9 Å². The molecule has 0 unspecified atom stereocenters. The Bertz CT molecular complexity index is 1130. The minimum absolute atomic E-state index is 0.327. The van der Waals surface area contributed by atoms with E-state index in [9.17, 15) is 9.59 Å². The normalized spacial score (nSPS) is 10.5. The van der Waals surface area contributed by atoms with Crippen molar-refractivity contribution in [2.24, 2.45) is 5.10 Å². The monoisotopic (exact) mass is 434 g/mol. The van der Waals surface area contributed by atoms with Crippen LogP contribution >= 0.6 is 0 Å². The van der Waals surface area contributed by atoms with E-state index in [1.165, 1.54) is 27.5 Å². The Morgan fingerprint density at radius 1 is 0.781 bits per heavy atom. The van der Waals surface area contributed by atoms with Crippen molar-refractivity contribution in [3.63, 3.8) is 0 Å². The minimum atomic E-state index is -0.530. The standard InChI is InChI=1S/C24H22N2O6/c1-29-20-6-4-5-17(13-20)23(27)26-25-15-16-7-10-19(11-8-16)32-24(28)18-9-12-21(30-2)22(14-18)31-3/h4-15H,1-3H3,(H,26,27). The Kier molecular flexibility index (Phi) is 7.42. The van der Waals surface area contributed by atoms with Crippen molar-refractivity contribution in [2.75, 3.05) is 21.3 Å². The second kappa shape index (κ2) is 10.6. The van der Waals surface area contributed by atoms with E-state index < -0.39 is 5.97 Å². The van der Waals surface area contributed by atoms with Gasteiger partial charge in [-0.15, -0.1) is 0 Å². The first-order valence-electron chi connectivity index (χ1n) is 9.55. The van der Waals surface area contributed by atoms with Crippen LogP contribution < -0.4 is 24.4 Å². The minimum Gasteiger partial charge on any atom is -0.497 e. The summed E-state index contributed by atoms with van der Waals surface area (Å²) >= 11 is 0. The fourth-order valence-corrected chi connectivity index (χ4v) is 2.75. The van der Waals surface area contributed by atoms with Crippen LogP contribution in [0.1, 0.15) is 26.3 Å².